The van der Waals surface area contributed by atoms with Crippen molar-refractivity contribution in [3.8, 4) is 0 Å². The van der Waals surface area contributed by atoms with Crippen LogP contribution in [0.1, 0.15) is 32.3 Å². The van der Waals surface area contributed by atoms with E-state index in [1.165, 1.54) is 5.56 Å². The standard InChI is InChI=1S/C15H22N2O2/c1-11(2)10-13(14(18)17-15(16)19)9-8-12-6-4-3-5-7-12/h3-7,11,13H,8-10H2,1-2H3,(H3,16,17,18,19). The number of benzene rings is 1. The number of carbonyl (C=O) groups excluding carboxylic acids is 2. The van der Waals surface area contributed by atoms with Crippen LogP contribution in [0, 0.1) is 11.8 Å². The summed E-state index contributed by atoms with van der Waals surface area (Å²) in [5.74, 6) is -0.0377. The smallest absolute Gasteiger partial charge is 0.318 e. The molecule has 1 aromatic rings. The Kier molecular flexibility index (Phi) is 6.06. The molecule has 3 N–H and O–H groups in total. The zero-order valence-electron chi connectivity index (χ0n) is 11.6. The van der Waals surface area contributed by atoms with Crippen molar-refractivity contribution in [3.63, 3.8) is 0 Å². The fraction of sp³-hybridized carbons (Fsp3) is 0.467. The average Bonchev–Trinajstić information content (AvgIpc) is 2.34. The van der Waals surface area contributed by atoms with E-state index in [-0.39, 0.29) is 11.8 Å². The first-order valence-corrected chi connectivity index (χ1v) is 6.63. The van der Waals surface area contributed by atoms with Gasteiger partial charge in [0.05, 0.1) is 0 Å². The number of amides is 3. The Morgan fingerprint density at radius 2 is 1.84 bits per heavy atom. The van der Waals surface area contributed by atoms with E-state index in [0.29, 0.717) is 5.92 Å². The van der Waals surface area contributed by atoms with Crippen molar-refractivity contribution >= 4 is 11.9 Å². The molecule has 104 valence electrons. The number of hydrogen-bond donors (Lipinski definition) is 2. The molecule has 1 rings (SSSR count). The maximum absolute atomic E-state index is 11.9. The molecular weight excluding hydrogens is 240 g/mol. The molecule has 0 spiro atoms. The summed E-state index contributed by atoms with van der Waals surface area (Å²) in [6.45, 7) is 4.13. The second-order valence-corrected chi connectivity index (χ2v) is 5.20. The molecule has 1 unspecified atom stereocenters. The number of rotatable bonds is 6. The molecule has 3 amide bonds. The van der Waals surface area contributed by atoms with Crippen molar-refractivity contribution < 1.29 is 9.59 Å². The highest BCUT2D eigenvalue weighted by Gasteiger charge is 2.20. The molecule has 0 bridgehead atoms. The molecule has 1 atom stereocenters. The van der Waals surface area contributed by atoms with E-state index in [1.54, 1.807) is 0 Å². The molecule has 0 heterocycles. The molecule has 0 aromatic heterocycles. The van der Waals surface area contributed by atoms with Crippen LogP contribution in [0.5, 0.6) is 0 Å². The minimum absolute atomic E-state index is 0.173. The highest BCUT2D eigenvalue weighted by atomic mass is 16.2. The Labute approximate surface area is 114 Å². The molecule has 0 aliphatic carbocycles. The lowest BCUT2D eigenvalue weighted by Gasteiger charge is -2.17. The van der Waals surface area contributed by atoms with Crippen molar-refractivity contribution in [3.05, 3.63) is 35.9 Å². The molecule has 0 radical (unpaired) electrons. The van der Waals surface area contributed by atoms with E-state index < -0.39 is 6.03 Å². The van der Waals surface area contributed by atoms with E-state index in [4.69, 9.17) is 5.73 Å². The fourth-order valence-corrected chi connectivity index (χ4v) is 2.13. The number of carbonyl (C=O) groups is 2. The van der Waals surface area contributed by atoms with Gasteiger partial charge in [-0.15, -0.1) is 0 Å². The van der Waals surface area contributed by atoms with Crippen molar-refractivity contribution in [1.82, 2.24) is 5.32 Å². The quantitative estimate of drug-likeness (QED) is 0.826. The van der Waals surface area contributed by atoms with E-state index in [1.807, 2.05) is 30.3 Å². The van der Waals surface area contributed by atoms with Gasteiger partial charge in [0.15, 0.2) is 0 Å². The maximum Gasteiger partial charge on any atom is 0.318 e. The van der Waals surface area contributed by atoms with E-state index in [2.05, 4.69) is 19.2 Å². The third-order valence-electron chi connectivity index (χ3n) is 3.00. The number of nitrogens with two attached hydrogens (primary N) is 1. The van der Waals surface area contributed by atoms with Gasteiger partial charge < -0.3 is 5.73 Å². The molecule has 0 saturated heterocycles. The lowest BCUT2D eigenvalue weighted by atomic mass is 9.90. The normalized spacial score (nSPS) is 12.2. The van der Waals surface area contributed by atoms with E-state index in [0.717, 1.165) is 19.3 Å². The maximum atomic E-state index is 11.9. The third-order valence-corrected chi connectivity index (χ3v) is 3.00. The number of nitrogens with one attached hydrogen (secondary N) is 1. The lowest BCUT2D eigenvalue weighted by Crippen LogP contribution is -2.39. The second-order valence-electron chi connectivity index (χ2n) is 5.20. The highest BCUT2D eigenvalue weighted by Crippen LogP contribution is 2.18. The van der Waals surface area contributed by atoms with Crippen LogP contribution in [0.4, 0.5) is 4.79 Å². The lowest BCUT2D eigenvalue weighted by molar-refractivity contribution is -0.124. The first-order valence-electron chi connectivity index (χ1n) is 6.63. The average molecular weight is 262 g/mol. The summed E-state index contributed by atoms with van der Waals surface area (Å²) in [4.78, 5) is 22.7. The van der Waals surface area contributed by atoms with Gasteiger partial charge in [-0.1, -0.05) is 44.2 Å². The first-order chi connectivity index (χ1) is 8.99. The molecular formula is C15H22N2O2. The van der Waals surface area contributed by atoms with Gasteiger partial charge in [0.25, 0.3) is 0 Å². The summed E-state index contributed by atoms with van der Waals surface area (Å²) in [5, 5.41) is 2.18. The summed E-state index contributed by atoms with van der Waals surface area (Å²) in [6.07, 6.45) is 2.30. The van der Waals surface area contributed by atoms with Gasteiger partial charge in [0.2, 0.25) is 5.91 Å². The van der Waals surface area contributed by atoms with Crippen molar-refractivity contribution in [1.29, 1.82) is 0 Å². The Bertz CT molecular complexity index is 415. The van der Waals surface area contributed by atoms with Gasteiger partial charge in [-0.3, -0.25) is 10.1 Å². The summed E-state index contributed by atoms with van der Waals surface area (Å²) in [7, 11) is 0. The molecule has 0 aliphatic heterocycles. The molecule has 0 saturated carbocycles. The summed E-state index contributed by atoms with van der Waals surface area (Å²) in [5.41, 5.74) is 6.20. The summed E-state index contributed by atoms with van der Waals surface area (Å²) in [6, 6.07) is 9.23. The molecule has 4 nitrogen and oxygen atoms in total. The predicted octanol–water partition coefficient (Wildman–Crippen LogP) is 2.48. The van der Waals surface area contributed by atoms with Crippen LogP contribution in [0.25, 0.3) is 0 Å². The molecule has 4 heteroatoms. The van der Waals surface area contributed by atoms with Gasteiger partial charge in [-0.05, 0) is 30.7 Å². The number of hydrogen-bond acceptors (Lipinski definition) is 2. The van der Waals surface area contributed by atoms with Crippen molar-refractivity contribution in [2.45, 2.75) is 33.1 Å². The van der Waals surface area contributed by atoms with Crippen LogP contribution in [0.15, 0.2) is 30.3 Å². The highest BCUT2D eigenvalue weighted by molar-refractivity contribution is 5.94. The van der Waals surface area contributed by atoms with E-state index >= 15 is 0 Å². The predicted molar refractivity (Wildman–Crippen MR) is 75.4 cm³/mol. The van der Waals surface area contributed by atoms with Gasteiger partial charge in [0, 0.05) is 5.92 Å². The van der Waals surface area contributed by atoms with Crippen molar-refractivity contribution in [2.24, 2.45) is 17.6 Å². The Morgan fingerprint density at radius 1 is 1.21 bits per heavy atom. The fourth-order valence-electron chi connectivity index (χ4n) is 2.13. The molecule has 19 heavy (non-hydrogen) atoms. The minimum atomic E-state index is -0.779. The van der Waals surface area contributed by atoms with Crippen LogP contribution in [-0.4, -0.2) is 11.9 Å². The van der Waals surface area contributed by atoms with Gasteiger partial charge in [0.1, 0.15) is 0 Å². The monoisotopic (exact) mass is 262 g/mol. The van der Waals surface area contributed by atoms with Crippen molar-refractivity contribution in [2.75, 3.05) is 0 Å². The molecule has 0 aliphatic rings. The summed E-state index contributed by atoms with van der Waals surface area (Å²) >= 11 is 0. The Balaban J connectivity index is 2.59. The topological polar surface area (TPSA) is 72.2 Å². The Morgan fingerprint density at radius 3 is 2.37 bits per heavy atom. The number of urea groups is 1. The first kappa shape index (κ1) is 15.2. The third kappa shape index (κ3) is 6.04. The van der Waals surface area contributed by atoms with E-state index in [9.17, 15) is 9.59 Å². The second kappa shape index (κ2) is 7.56. The van der Waals surface area contributed by atoms with Crippen LogP contribution >= 0.6 is 0 Å². The summed E-state index contributed by atoms with van der Waals surface area (Å²) < 4.78 is 0. The number of imide groups is 1. The minimum Gasteiger partial charge on any atom is -0.351 e. The number of aryl methyl sites for hydroxylation is 1. The largest absolute Gasteiger partial charge is 0.351 e. The van der Waals surface area contributed by atoms with Crippen LogP contribution < -0.4 is 11.1 Å². The van der Waals surface area contributed by atoms with Crippen LogP contribution in [0.3, 0.4) is 0 Å². The van der Waals surface area contributed by atoms with Crippen LogP contribution in [-0.2, 0) is 11.2 Å². The van der Waals surface area contributed by atoms with Gasteiger partial charge >= 0.3 is 6.03 Å². The zero-order chi connectivity index (χ0) is 14.3. The van der Waals surface area contributed by atoms with Crippen LogP contribution in [0.2, 0.25) is 0 Å². The Hall–Kier alpha value is -1.84. The van der Waals surface area contributed by atoms with Gasteiger partial charge in [-0.25, -0.2) is 4.79 Å². The zero-order valence-corrected chi connectivity index (χ0v) is 11.6. The molecule has 0 fully saturated rings. The number of primary amides is 1. The molecule has 1 aromatic carbocycles. The van der Waals surface area contributed by atoms with Gasteiger partial charge in [-0.2, -0.15) is 0 Å². The SMILES string of the molecule is CC(C)CC(CCc1ccccc1)C(=O)NC(N)=O.